The first-order chi connectivity index (χ1) is 11.7. The van der Waals surface area contributed by atoms with Crippen LogP contribution in [0.15, 0.2) is 36.5 Å². The molecule has 1 heterocycles. The summed E-state index contributed by atoms with van der Waals surface area (Å²) < 4.78 is 38.5. The average Bonchev–Trinajstić information content (AvgIpc) is 2.54. The molecule has 0 unspecified atom stereocenters. The number of nitrogens with one attached hydrogen (secondary N) is 2. The Labute approximate surface area is 148 Å². The third kappa shape index (κ3) is 5.35. The predicted molar refractivity (Wildman–Crippen MR) is 91.1 cm³/mol. The van der Waals surface area contributed by atoms with Crippen molar-refractivity contribution in [2.24, 2.45) is 5.92 Å². The van der Waals surface area contributed by atoms with Gasteiger partial charge in [-0.1, -0.05) is 25.4 Å². The van der Waals surface area contributed by atoms with E-state index in [2.05, 4.69) is 15.6 Å². The molecule has 2 aromatic rings. The lowest BCUT2D eigenvalue weighted by Crippen LogP contribution is -2.28. The summed E-state index contributed by atoms with van der Waals surface area (Å²) in [5.41, 5.74) is -0.153. The van der Waals surface area contributed by atoms with Crippen molar-refractivity contribution in [3.05, 3.63) is 52.8 Å². The largest absolute Gasteiger partial charge is 0.416 e. The molecular formula is C17H17ClF3N3O. The Kier molecular flexibility index (Phi) is 5.89. The fraction of sp³-hybridized carbons (Fsp3) is 0.294. The SMILES string of the molecule is CC(C)CNC(=O)c1cc(Nc2cc(C(F)(F)F)ccc2Cl)ccn1. The van der Waals surface area contributed by atoms with Crippen LogP contribution in [-0.2, 0) is 6.18 Å². The van der Waals surface area contributed by atoms with Gasteiger partial charge >= 0.3 is 6.18 Å². The van der Waals surface area contributed by atoms with Gasteiger partial charge in [-0.15, -0.1) is 0 Å². The summed E-state index contributed by atoms with van der Waals surface area (Å²) in [4.78, 5) is 16.0. The lowest BCUT2D eigenvalue weighted by molar-refractivity contribution is -0.137. The second-order valence-corrected chi connectivity index (χ2v) is 6.26. The number of alkyl halides is 3. The first-order valence-electron chi connectivity index (χ1n) is 7.55. The Morgan fingerprint density at radius 3 is 2.60 bits per heavy atom. The van der Waals surface area contributed by atoms with E-state index in [-0.39, 0.29) is 28.2 Å². The van der Waals surface area contributed by atoms with Gasteiger partial charge < -0.3 is 10.6 Å². The molecule has 0 saturated carbocycles. The summed E-state index contributed by atoms with van der Waals surface area (Å²) in [6.07, 6.45) is -3.07. The molecule has 0 aliphatic rings. The molecule has 0 radical (unpaired) electrons. The molecule has 0 bridgehead atoms. The first kappa shape index (κ1) is 19.1. The van der Waals surface area contributed by atoms with Crippen LogP contribution >= 0.6 is 11.6 Å². The number of carbonyl (C=O) groups excluding carboxylic acids is 1. The number of hydrogen-bond acceptors (Lipinski definition) is 3. The average molecular weight is 372 g/mol. The monoisotopic (exact) mass is 371 g/mol. The van der Waals surface area contributed by atoms with Gasteiger partial charge in [-0.3, -0.25) is 9.78 Å². The zero-order valence-corrected chi connectivity index (χ0v) is 14.4. The molecule has 4 nitrogen and oxygen atoms in total. The van der Waals surface area contributed by atoms with Crippen LogP contribution in [0, 0.1) is 5.92 Å². The molecule has 0 fully saturated rings. The zero-order chi connectivity index (χ0) is 18.6. The number of nitrogens with zero attached hydrogens (tertiary/aromatic N) is 1. The molecule has 0 saturated heterocycles. The van der Waals surface area contributed by atoms with Crippen molar-refractivity contribution < 1.29 is 18.0 Å². The van der Waals surface area contributed by atoms with Gasteiger partial charge in [-0.05, 0) is 36.2 Å². The molecule has 0 atom stereocenters. The maximum atomic E-state index is 12.8. The highest BCUT2D eigenvalue weighted by Crippen LogP contribution is 2.34. The number of benzene rings is 1. The van der Waals surface area contributed by atoms with Crippen molar-refractivity contribution in [1.29, 1.82) is 0 Å². The Morgan fingerprint density at radius 1 is 1.24 bits per heavy atom. The van der Waals surface area contributed by atoms with Gasteiger partial charge in [0.15, 0.2) is 0 Å². The van der Waals surface area contributed by atoms with Crippen LogP contribution in [0.25, 0.3) is 0 Å². The van der Waals surface area contributed by atoms with E-state index in [4.69, 9.17) is 11.6 Å². The minimum Gasteiger partial charge on any atom is -0.354 e. The highest BCUT2D eigenvalue weighted by molar-refractivity contribution is 6.33. The number of hydrogen-bond donors (Lipinski definition) is 2. The maximum absolute atomic E-state index is 12.8. The standard InChI is InChI=1S/C17H17ClF3N3O/c1-10(2)9-23-16(25)15-8-12(5-6-22-15)24-14-7-11(17(19,20)21)3-4-13(14)18/h3-8,10H,9H2,1-2H3,(H,22,24)(H,23,25). The molecule has 25 heavy (non-hydrogen) atoms. The Bertz CT molecular complexity index is 763. The summed E-state index contributed by atoms with van der Waals surface area (Å²) in [5.74, 6) is -0.0679. The van der Waals surface area contributed by atoms with E-state index in [1.54, 1.807) is 0 Å². The van der Waals surface area contributed by atoms with Gasteiger partial charge in [0, 0.05) is 18.4 Å². The molecule has 0 aliphatic carbocycles. The Hall–Kier alpha value is -2.28. The zero-order valence-electron chi connectivity index (χ0n) is 13.6. The van der Waals surface area contributed by atoms with Crippen LogP contribution in [-0.4, -0.2) is 17.4 Å². The van der Waals surface area contributed by atoms with Crippen molar-refractivity contribution in [2.75, 3.05) is 11.9 Å². The number of anilines is 2. The molecule has 8 heteroatoms. The fourth-order valence-corrected chi connectivity index (χ4v) is 2.14. The van der Waals surface area contributed by atoms with E-state index in [1.807, 2.05) is 13.8 Å². The summed E-state index contributed by atoms with van der Waals surface area (Å²) in [5, 5.41) is 5.65. The van der Waals surface area contributed by atoms with Crippen LogP contribution in [0.4, 0.5) is 24.5 Å². The topological polar surface area (TPSA) is 54.0 Å². The lowest BCUT2D eigenvalue weighted by atomic mass is 10.2. The molecule has 134 valence electrons. The van der Waals surface area contributed by atoms with Gasteiger partial charge in [0.1, 0.15) is 5.69 Å². The van der Waals surface area contributed by atoms with E-state index in [0.29, 0.717) is 12.2 Å². The van der Waals surface area contributed by atoms with Crippen LogP contribution < -0.4 is 10.6 Å². The molecule has 1 aromatic carbocycles. The quantitative estimate of drug-likeness (QED) is 0.787. The molecule has 1 amide bonds. The van der Waals surface area contributed by atoms with Gasteiger partial charge in [-0.2, -0.15) is 13.2 Å². The van der Waals surface area contributed by atoms with Gasteiger partial charge in [0.2, 0.25) is 0 Å². The van der Waals surface area contributed by atoms with E-state index >= 15 is 0 Å². The number of amides is 1. The van der Waals surface area contributed by atoms with Crippen molar-refractivity contribution in [2.45, 2.75) is 20.0 Å². The third-order valence-corrected chi connectivity index (χ3v) is 3.57. The summed E-state index contributed by atoms with van der Waals surface area (Å²) in [6.45, 7) is 4.42. The number of pyridine rings is 1. The predicted octanol–water partition coefficient (Wildman–Crippen LogP) is 4.88. The Morgan fingerprint density at radius 2 is 1.96 bits per heavy atom. The number of rotatable bonds is 5. The second-order valence-electron chi connectivity index (χ2n) is 5.85. The highest BCUT2D eigenvalue weighted by atomic mass is 35.5. The van der Waals surface area contributed by atoms with Crippen molar-refractivity contribution >= 4 is 28.9 Å². The van der Waals surface area contributed by atoms with E-state index in [0.717, 1.165) is 12.1 Å². The van der Waals surface area contributed by atoms with Crippen LogP contribution in [0.1, 0.15) is 29.9 Å². The number of aromatic nitrogens is 1. The summed E-state index contributed by atoms with van der Waals surface area (Å²) >= 11 is 5.96. The molecular weight excluding hydrogens is 355 g/mol. The van der Waals surface area contributed by atoms with Crippen LogP contribution in [0.2, 0.25) is 5.02 Å². The third-order valence-electron chi connectivity index (χ3n) is 3.24. The summed E-state index contributed by atoms with van der Waals surface area (Å²) in [7, 11) is 0. The van der Waals surface area contributed by atoms with Gasteiger partial charge in [0.05, 0.1) is 16.3 Å². The van der Waals surface area contributed by atoms with Crippen molar-refractivity contribution in [3.63, 3.8) is 0 Å². The molecule has 0 aliphatic heterocycles. The molecule has 2 rings (SSSR count). The smallest absolute Gasteiger partial charge is 0.354 e. The minimum atomic E-state index is -4.47. The summed E-state index contributed by atoms with van der Waals surface area (Å²) in [6, 6.07) is 5.98. The van der Waals surface area contributed by atoms with Crippen LogP contribution in [0.5, 0.6) is 0 Å². The molecule has 2 N–H and O–H groups in total. The fourth-order valence-electron chi connectivity index (χ4n) is 1.97. The highest BCUT2D eigenvalue weighted by Gasteiger charge is 2.31. The van der Waals surface area contributed by atoms with Crippen molar-refractivity contribution in [1.82, 2.24) is 10.3 Å². The maximum Gasteiger partial charge on any atom is 0.416 e. The van der Waals surface area contributed by atoms with Crippen molar-refractivity contribution in [3.8, 4) is 0 Å². The van der Waals surface area contributed by atoms with E-state index in [1.165, 1.54) is 24.4 Å². The number of halogens is 4. The second kappa shape index (κ2) is 7.74. The molecule has 1 aromatic heterocycles. The Balaban J connectivity index is 2.21. The van der Waals surface area contributed by atoms with Gasteiger partial charge in [0.25, 0.3) is 5.91 Å². The molecule has 0 spiro atoms. The van der Waals surface area contributed by atoms with E-state index in [9.17, 15) is 18.0 Å². The van der Waals surface area contributed by atoms with Gasteiger partial charge in [-0.25, -0.2) is 0 Å². The van der Waals surface area contributed by atoms with Crippen LogP contribution in [0.3, 0.4) is 0 Å². The lowest BCUT2D eigenvalue weighted by Gasteiger charge is -2.13. The number of carbonyl (C=O) groups is 1. The minimum absolute atomic E-state index is 0.0937. The normalized spacial score (nSPS) is 11.5. The first-order valence-corrected chi connectivity index (χ1v) is 7.92. The van der Waals surface area contributed by atoms with E-state index < -0.39 is 11.7 Å².